The van der Waals surface area contributed by atoms with Crippen LogP contribution in [0.5, 0.6) is 11.5 Å². The molecule has 0 aromatic heterocycles. The molecule has 0 bridgehead atoms. The normalized spacial score (nSPS) is 12.9. The highest BCUT2D eigenvalue weighted by atomic mass is 32.2. The first-order valence-electron chi connectivity index (χ1n) is 7.01. The fourth-order valence-corrected chi connectivity index (χ4v) is 3.41. The van der Waals surface area contributed by atoms with Gasteiger partial charge in [-0.3, -0.25) is 0 Å². The van der Waals surface area contributed by atoms with Crippen molar-refractivity contribution in [3.63, 3.8) is 0 Å². The number of benzene rings is 2. The van der Waals surface area contributed by atoms with Crippen molar-refractivity contribution in [3.05, 3.63) is 66.2 Å². The van der Waals surface area contributed by atoms with Crippen LogP contribution in [0.15, 0.2) is 65.6 Å². The number of rotatable bonds is 6. The number of hydrogen-bond acceptors (Lipinski definition) is 5. The minimum Gasteiger partial charge on any atom is -0.507 e. The molecule has 0 saturated heterocycles. The zero-order valence-corrected chi connectivity index (χ0v) is 13.6. The van der Waals surface area contributed by atoms with Crippen LogP contribution in [0.3, 0.4) is 0 Å². The second-order valence-electron chi connectivity index (χ2n) is 4.85. The van der Waals surface area contributed by atoms with Crippen LogP contribution in [-0.2, 0) is 9.84 Å². The first-order chi connectivity index (χ1) is 11.4. The maximum atomic E-state index is 12.7. The molecule has 0 aliphatic carbocycles. The lowest BCUT2D eigenvalue weighted by Gasteiger charge is -2.17. The van der Waals surface area contributed by atoms with Gasteiger partial charge in [0.05, 0.1) is 4.90 Å². The lowest BCUT2D eigenvalue weighted by Crippen LogP contribution is -2.25. The first-order valence-corrected chi connectivity index (χ1v) is 8.55. The van der Waals surface area contributed by atoms with E-state index in [0.717, 1.165) is 12.1 Å². The third-order valence-corrected chi connectivity index (χ3v) is 4.97. The van der Waals surface area contributed by atoms with Crippen molar-refractivity contribution in [2.24, 2.45) is 0 Å². The predicted molar refractivity (Wildman–Crippen MR) is 87.9 cm³/mol. The molecule has 1 unspecified atom stereocenters. The molecule has 2 N–H and O–H groups in total. The van der Waals surface area contributed by atoms with E-state index in [9.17, 15) is 18.3 Å². The quantitative estimate of drug-likeness (QED) is 0.779. The number of carbonyl (C=O) groups is 1. The average Bonchev–Trinajstić information content (AvgIpc) is 2.56. The average molecular weight is 348 g/mol. The van der Waals surface area contributed by atoms with Gasteiger partial charge in [0.15, 0.2) is 0 Å². The largest absolute Gasteiger partial charge is 0.507 e. The van der Waals surface area contributed by atoms with Gasteiger partial charge in [0.25, 0.3) is 0 Å². The van der Waals surface area contributed by atoms with Gasteiger partial charge in [0.1, 0.15) is 17.1 Å². The van der Waals surface area contributed by atoms with E-state index in [2.05, 4.69) is 0 Å². The van der Waals surface area contributed by atoms with Crippen LogP contribution < -0.4 is 4.74 Å². The summed E-state index contributed by atoms with van der Waals surface area (Å²) in [6.07, 6.45) is 2.89. The summed E-state index contributed by atoms with van der Waals surface area (Å²) in [5.41, 5.74) is -1.69. The Kier molecular flexibility index (Phi) is 5.25. The van der Waals surface area contributed by atoms with Crippen molar-refractivity contribution in [1.82, 2.24) is 0 Å². The summed E-state index contributed by atoms with van der Waals surface area (Å²) >= 11 is 0. The topological polar surface area (TPSA) is 101 Å². The third kappa shape index (κ3) is 3.75. The number of sulfone groups is 1. The van der Waals surface area contributed by atoms with Gasteiger partial charge >= 0.3 is 5.97 Å². The van der Waals surface area contributed by atoms with Gasteiger partial charge in [-0.2, -0.15) is 0 Å². The van der Waals surface area contributed by atoms with E-state index >= 15 is 0 Å². The summed E-state index contributed by atoms with van der Waals surface area (Å²) in [7, 11) is -3.82. The van der Waals surface area contributed by atoms with Gasteiger partial charge in [-0.15, -0.1) is 0 Å². The summed E-state index contributed by atoms with van der Waals surface area (Å²) in [4.78, 5) is 11.1. The van der Waals surface area contributed by atoms with Crippen LogP contribution in [0.2, 0.25) is 0 Å². The number of allylic oxidation sites excluding steroid dienone is 1. The number of aromatic hydroxyl groups is 1. The molecule has 0 aliphatic heterocycles. The molecule has 6 nitrogen and oxygen atoms in total. The smallest absolute Gasteiger partial charge is 0.339 e. The molecule has 0 radical (unpaired) electrons. The van der Waals surface area contributed by atoms with Gasteiger partial charge in [-0.1, -0.05) is 24.3 Å². The minimum absolute atomic E-state index is 0.0211. The van der Waals surface area contributed by atoms with E-state index in [1.165, 1.54) is 30.4 Å². The lowest BCUT2D eigenvalue weighted by atomic mass is 10.2. The molecule has 0 saturated carbocycles. The Morgan fingerprint density at radius 3 is 2.42 bits per heavy atom. The monoisotopic (exact) mass is 348 g/mol. The van der Waals surface area contributed by atoms with E-state index in [-0.39, 0.29) is 16.2 Å². The summed E-state index contributed by atoms with van der Waals surface area (Å²) in [6.45, 7) is 1.65. The highest BCUT2D eigenvalue weighted by molar-refractivity contribution is 7.92. The number of carboxylic acid groups (broad SMARTS) is 1. The Balaban J connectivity index is 2.40. The highest BCUT2D eigenvalue weighted by Crippen LogP contribution is 2.26. The van der Waals surface area contributed by atoms with Gasteiger partial charge in [0.2, 0.25) is 15.3 Å². The van der Waals surface area contributed by atoms with Crippen molar-refractivity contribution in [2.45, 2.75) is 17.3 Å². The van der Waals surface area contributed by atoms with Crippen molar-refractivity contribution < 1.29 is 28.2 Å². The zero-order valence-electron chi connectivity index (χ0n) is 12.8. The van der Waals surface area contributed by atoms with E-state index in [4.69, 9.17) is 9.84 Å². The molecule has 0 spiro atoms. The number of hydrogen-bond donors (Lipinski definition) is 2. The number of phenols is 1. The Bertz CT molecular complexity index is 856. The van der Waals surface area contributed by atoms with E-state index in [0.29, 0.717) is 0 Å². The highest BCUT2D eigenvalue weighted by Gasteiger charge is 2.27. The van der Waals surface area contributed by atoms with Crippen LogP contribution in [0.25, 0.3) is 0 Å². The summed E-state index contributed by atoms with van der Waals surface area (Å²) in [5, 5.41) is 18.5. The molecule has 0 heterocycles. The molecule has 0 fully saturated rings. The zero-order chi connectivity index (χ0) is 17.7. The van der Waals surface area contributed by atoms with E-state index in [1.54, 1.807) is 25.1 Å². The maximum Gasteiger partial charge on any atom is 0.339 e. The number of aromatic carboxylic acids is 1. The second kappa shape index (κ2) is 7.18. The van der Waals surface area contributed by atoms with Crippen LogP contribution in [0.1, 0.15) is 17.3 Å². The lowest BCUT2D eigenvalue weighted by molar-refractivity contribution is 0.0693. The van der Waals surface area contributed by atoms with Crippen LogP contribution in [0.4, 0.5) is 0 Å². The molecule has 0 aliphatic rings. The summed E-state index contributed by atoms with van der Waals surface area (Å²) in [6, 6.07) is 11.3. The Morgan fingerprint density at radius 2 is 1.83 bits per heavy atom. The maximum absolute atomic E-state index is 12.7. The number of carboxylic acids is 1. The molecule has 1 atom stereocenters. The van der Waals surface area contributed by atoms with Gasteiger partial charge in [0, 0.05) is 0 Å². The molecule has 2 aromatic rings. The Labute approximate surface area is 139 Å². The Hall–Kier alpha value is -2.80. The molecule has 0 amide bonds. The molecule has 7 heteroatoms. The van der Waals surface area contributed by atoms with Gasteiger partial charge < -0.3 is 14.9 Å². The third-order valence-electron chi connectivity index (χ3n) is 3.18. The van der Waals surface area contributed by atoms with Crippen molar-refractivity contribution in [2.75, 3.05) is 0 Å². The molecule has 126 valence electrons. The van der Waals surface area contributed by atoms with Crippen LogP contribution in [-0.4, -0.2) is 30.0 Å². The standard InChI is InChI=1S/C17H16O6S/c1-2-6-16(24(21,22)13-7-4-3-5-8-13)23-12-9-10-15(18)14(11-12)17(19)20/h2-11,16,18H,1H3,(H,19,20). The van der Waals surface area contributed by atoms with E-state index < -0.39 is 27.0 Å². The molecular formula is C17H16O6S. The van der Waals surface area contributed by atoms with Gasteiger partial charge in [-0.25, -0.2) is 13.2 Å². The number of ether oxygens (including phenoxy) is 1. The van der Waals surface area contributed by atoms with E-state index in [1.807, 2.05) is 0 Å². The molecule has 2 rings (SSSR count). The minimum atomic E-state index is -3.82. The fourth-order valence-electron chi connectivity index (χ4n) is 2.00. The fraction of sp³-hybridized carbons (Fsp3) is 0.118. The van der Waals surface area contributed by atoms with Crippen molar-refractivity contribution >= 4 is 15.8 Å². The van der Waals surface area contributed by atoms with Crippen molar-refractivity contribution in [1.29, 1.82) is 0 Å². The molecule has 2 aromatic carbocycles. The summed E-state index contributed by atoms with van der Waals surface area (Å²) < 4.78 is 30.8. The SMILES string of the molecule is CC=CC(Oc1ccc(O)c(C(=O)O)c1)S(=O)(=O)c1ccccc1. The molecular weight excluding hydrogens is 332 g/mol. The van der Waals surface area contributed by atoms with Gasteiger partial charge in [-0.05, 0) is 43.3 Å². The van der Waals surface area contributed by atoms with Crippen molar-refractivity contribution in [3.8, 4) is 11.5 Å². The van der Waals surface area contributed by atoms with Crippen LogP contribution in [0, 0.1) is 0 Å². The summed E-state index contributed by atoms with van der Waals surface area (Å²) in [5.74, 6) is -1.75. The predicted octanol–water partition coefficient (Wildman–Crippen LogP) is 2.85. The second-order valence-corrected chi connectivity index (χ2v) is 6.88. The Morgan fingerprint density at radius 1 is 1.17 bits per heavy atom. The van der Waals surface area contributed by atoms with Crippen LogP contribution >= 0.6 is 0 Å². The first kappa shape index (κ1) is 17.6. The molecule has 24 heavy (non-hydrogen) atoms.